The van der Waals surface area contributed by atoms with E-state index in [0.717, 1.165) is 29.9 Å². The Kier molecular flexibility index (Phi) is 4.79. The molecule has 19 heavy (non-hydrogen) atoms. The van der Waals surface area contributed by atoms with Crippen molar-refractivity contribution in [1.29, 1.82) is 0 Å². The molecule has 0 atom stereocenters. The van der Waals surface area contributed by atoms with Crippen LogP contribution < -0.4 is 0 Å². The van der Waals surface area contributed by atoms with Gasteiger partial charge in [-0.25, -0.2) is 4.39 Å². The third kappa shape index (κ3) is 3.45. The zero-order valence-electron chi connectivity index (χ0n) is 11.2. The zero-order valence-corrected chi connectivity index (χ0v) is 13.6. The van der Waals surface area contributed by atoms with Crippen LogP contribution in [0.15, 0.2) is 16.6 Å². The average molecular weight is 345 g/mol. The van der Waals surface area contributed by atoms with Crippen LogP contribution in [0.2, 0.25) is 0 Å². The summed E-state index contributed by atoms with van der Waals surface area (Å²) in [5.41, 5.74) is 1.72. The SMILES string of the molecule is CC(C)CCCCn1c(=S)[nH]c2cc(Br)c(F)cc21. The van der Waals surface area contributed by atoms with E-state index in [9.17, 15) is 4.39 Å². The molecule has 1 aromatic carbocycles. The monoisotopic (exact) mass is 344 g/mol. The molecule has 104 valence electrons. The van der Waals surface area contributed by atoms with Crippen LogP contribution in [0, 0.1) is 16.5 Å². The van der Waals surface area contributed by atoms with E-state index in [2.05, 4.69) is 34.8 Å². The van der Waals surface area contributed by atoms with Crippen LogP contribution in [0.5, 0.6) is 0 Å². The quantitative estimate of drug-likeness (QED) is 0.566. The summed E-state index contributed by atoms with van der Waals surface area (Å²) in [6.07, 6.45) is 3.46. The molecule has 0 saturated carbocycles. The number of rotatable bonds is 5. The lowest BCUT2D eigenvalue weighted by molar-refractivity contribution is 0.511. The summed E-state index contributed by atoms with van der Waals surface area (Å²) in [6.45, 7) is 5.29. The van der Waals surface area contributed by atoms with E-state index in [1.165, 1.54) is 18.9 Å². The van der Waals surface area contributed by atoms with Crippen molar-refractivity contribution < 1.29 is 4.39 Å². The van der Waals surface area contributed by atoms with Gasteiger partial charge in [0.25, 0.3) is 0 Å². The number of aryl methyl sites for hydroxylation is 1. The van der Waals surface area contributed by atoms with Crippen molar-refractivity contribution >= 4 is 39.2 Å². The van der Waals surface area contributed by atoms with Crippen LogP contribution in [0.1, 0.15) is 33.1 Å². The van der Waals surface area contributed by atoms with Crippen molar-refractivity contribution in [3.63, 3.8) is 0 Å². The first-order valence-corrected chi connectivity index (χ1v) is 7.76. The molecule has 0 aliphatic heterocycles. The fourth-order valence-electron chi connectivity index (χ4n) is 2.20. The van der Waals surface area contributed by atoms with Gasteiger partial charge >= 0.3 is 0 Å². The molecule has 0 aliphatic carbocycles. The van der Waals surface area contributed by atoms with Gasteiger partial charge in [-0.1, -0.05) is 26.7 Å². The Morgan fingerprint density at radius 2 is 2.11 bits per heavy atom. The van der Waals surface area contributed by atoms with Crippen molar-refractivity contribution in [1.82, 2.24) is 9.55 Å². The number of imidazole rings is 1. The van der Waals surface area contributed by atoms with Gasteiger partial charge in [-0.05, 0) is 46.6 Å². The minimum atomic E-state index is -0.252. The first kappa shape index (κ1) is 14.7. The summed E-state index contributed by atoms with van der Waals surface area (Å²) in [5.74, 6) is 0.474. The summed E-state index contributed by atoms with van der Waals surface area (Å²) < 4.78 is 16.7. The molecule has 0 saturated heterocycles. The van der Waals surface area contributed by atoms with Crippen molar-refractivity contribution in [2.75, 3.05) is 0 Å². The van der Waals surface area contributed by atoms with Gasteiger partial charge in [0.05, 0.1) is 15.5 Å². The maximum Gasteiger partial charge on any atom is 0.178 e. The Morgan fingerprint density at radius 1 is 1.37 bits per heavy atom. The number of unbranched alkanes of at least 4 members (excludes halogenated alkanes) is 1. The Morgan fingerprint density at radius 3 is 2.79 bits per heavy atom. The summed E-state index contributed by atoms with van der Waals surface area (Å²) in [7, 11) is 0. The highest BCUT2D eigenvalue weighted by atomic mass is 79.9. The van der Waals surface area contributed by atoms with E-state index in [4.69, 9.17) is 12.2 Å². The van der Waals surface area contributed by atoms with Gasteiger partial charge in [0.2, 0.25) is 0 Å². The molecule has 0 aliphatic rings. The second-order valence-corrected chi connectivity index (χ2v) is 6.50. The van der Waals surface area contributed by atoms with E-state index in [1.807, 2.05) is 4.57 Å². The molecule has 1 N–H and O–H groups in total. The lowest BCUT2D eigenvalue weighted by Gasteiger charge is -2.06. The van der Waals surface area contributed by atoms with Gasteiger partial charge in [0.1, 0.15) is 5.82 Å². The van der Waals surface area contributed by atoms with Crippen LogP contribution in [-0.2, 0) is 6.54 Å². The highest BCUT2D eigenvalue weighted by Gasteiger charge is 2.08. The predicted molar refractivity (Wildman–Crippen MR) is 83.5 cm³/mol. The average Bonchev–Trinajstić information content (AvgIpc) is 2.61. The molecular weight excluding hydrogens is 327 g/mol. The van der Waals surface area contributed by atoms with Crippen LogP contribution in [0.4, 0.5) is 4.39 Å². The smallest absolute Gasteiger partial charge is 0.178 e. The van der Waals surface area contributed by atoms with Crippen molar-refractivity contribution in [2.24, 2.45) is 5.92 Å². The number of hydrogen-bond acceptors (Lipinski definition) is 1. The molecule has 1 heterocycles. The minimum Gasteiger partial charge on any atom is -0.331 e. The topological polar surface area (TPSA) is 20.7 Å². The fraction of sp³-hybridized carbons (Fsp3) is 0.500. The lowest BCUT2D eigenvalue weighted by Crippen LogP contribution is -1.99. The Labute approximate surface area is 126 Å². The van der Waals surface area contributed by atoms with Crippen LogP contribution >= 0.6 is 28.1 Å². The molecule has 0 fully saturated rings. The Bertz CT molecular complexity index is 630. The third-order valence-electron chi connectivity index (χ3n) is 3.23. The molecule has 0 radical (unpaired) electrons. The number of aromatic nitrogens is 2. The number of halogens is 2. The second kappa shape index (κ2) is 6.18. The first-order valence-electron chi connectivity index (χ1n) is 6.56. The summed E-state index contributed by atoms with van der Waals surface area (Å²) >= 11 is 8.50. The molecule has 2 nitrogen and oxygen atoms in total. The Balaban J connectivity index is 2.20. The summed E-state index contributed by atoms with van der Waals surface area (Å²) in [4.78, 5) is 3.13. The second-order valence-electron chi connectivity index (χ2n) is 5.25. The number of H-pyrrole nitrogens is 1. The van der Waals surface area contributed by atoms with Crippen molar-refractivity contribution in [2.45, 2.75) is 39.7 Å². The number of nitrogens with one attached hydrogen (secondary N) is 1. The largest absolute Gasteiger partial charge is 0.331 e. The fourth-order valence-corrected chi connectivity index (χ4v) is 2.84. The maximum atomic E-state index is 13.6. The van der Waals surface area contributed by atoms with Gasteiger partial charge in [-0.15, -0.1) is 0 Å². The van der Waals surface area contributed by atoms with Crippen molar-refractivity contribution in [3.8, 4) is 0 Å². The third-order valence-corrected chi connectivity index (χ3v) is 4.16. The van der Waals surface area contributed by atoms with E-state index in [0.29, 0.717) is 9.24 Å². The first-order chi connectivity index (χ1) is 8.99. The van der Waals surface area contributed by atoms with Crippen LogP contribution in [-0.4, -0.2) is 9.55 Å². The maximum absolute atomic E-state index is 13.6. The standard InChI is InChI=1S/C14H18BrFN2S/c1-9(2)5-3-4-6-18-13-8-11(16)10(15)7-12(13)17-14(18)19/h7-9H,3-6H2,1-2H3,(H,17,19). The van der Waals surface area contributed by atoms with E-state index in [1.54, 1.807) is 6.07 Å². The minimum absolute atomic E-state index is 0.252. The number of fused-ring (bicyclic) bond motifs is 1. The lowest BCUT2D eigenvalue weighted by atomic mass is 10.1. The predicted octanol–water partition coefficient (Wildman–Crippen LogP) is 5.43. The molecule has 2 rings (SSSR count). The van der Waals surface area contributed by atoms with Gasteiger partial charge < -0.3 is 9.55 Å². The number of nitrogens with zero attached hydrogens (tertiary/aromatic N) is 1. The van der Waals surface area contributed by atoms with E-state index in [-0.39, 0.29) is 5.82 Å². The highest BCUT2D eigenvalue weighted by Crippen LogP contribution is 2.23. The summed E-state index contributed by atoms with van der Waals surface area (Å²) in [6, 6.07) is 3.28. The van der Waals surface area contributed by atoms with E-state index >= 15 is 0 Å². The van der Waals surface area contributed by atoms with Crippen LogP contribution in [0.25, 0.3) is 11.0 Å². The summed E-state index contributed by atoms with van der Waals surface area (Å²) in [5, 5.41) is 0. The molecule has 2 aromatic rings. The highest BCUT2D eigenvalue weighted by molar-refractivity contribution is 9.10. The van der Waals surface area contributed by atoms with Gasteiger partial charge in [0, 0.05) is 12.6 Å². The van der Waals surface area contributed by atoms with E-state index < -0.39 is 0 Å². The number of benzene rings is 1. The normalized spacial score (nSPS) is 11.6. The molecule has 5 heteroatoms. The molecule has 0 spiro atoms. The molecule has 0 amide bonds. The van der Waals surface area contributed by atoms with Crippen molar-refractivity contribution in [3.05, 3.63) is 27.2 Å². The number of aromatic amines is 1. The number of hydrogen-bond donors (Lipinski definition) is 1. The molecule has 0 unspecified atom stereocenters. The molecular formula is C14H18BrFN2S. The van der Waals surface area contributed by atoms with Crippen LogP contribution in [0.3, 0.4) is 0 Å². The van der Waals surface area contributed by atoms with Gasteiger partial charge in [0.15, 0.2) is 4.77 Å². The Hall–Kier alpha value is -0.680. The zero-order chi connectivity index (χ0) is 14.0. The van der Waals surface area contributed by atoms with Gasteiger partial charge in [-0.3, -0.25) is 0 Å². The van der Waals surface area contributed by atoms with Gasteiger partial charge in [-0.2, -0.15) is 0 Å². The molecule has 0 bridgehead atoms. The molecule has 1 aromatic heterocycles.